The molecular weight excluding hydrogens is 451 g/mol. The van der Waals surface area contributed by atoms with Gasteiger partial charge >= 0.3 is 14.0 Å². The van der Waals surface area contributed by atoms with Crippen molar-refractivity contribution in [3.8, 4) is 34.5 Å². The zero-order valence-electron chi connectivity index (χ0n) is 18.8. The number of carbonyl (C=O) groups excluding carboxylic acids is 1. The minimum absolute atomic E-state index is 0.0981. The van der Waals surface area contributed by atoms with Gasteiger partial charge in [-0.15, -0.1) is 0 Å². The Balaban J connectivity index is 1.74. The fourth-order valence-corrected chi connectivity index (χ4v) is 3.31. The van der Waals surface area contributed by atoms with Crippen molar-refractivity contribution in [1.82, 2.24) is 0 Å². The highest BCUT2D eigenvalue weighted by atomic mass is 16.5. The molecule has 0 saturated carbocycles. The quantitative estimate of drug-likeness (QED) is 0.109. The summed E-state index contributed by atoms with van der Waals surface area (Å²) >= 11 is 0. The number of phenolic OH excluding ortho intramolecular Hbond substituents is 5. The highest BCUT2D eigenvalue weighted by Gasteiger charge is 2.12. The Bertz CT molecular complexity index is 1280. The van der Waals surface area contributed by atoms with E-state index in [1.54, 1.807) is 25.1 Å². The van der Waals surface area contributed by atoms with Gasteiger partial charge in [0, 0.05) is 18.1 Å². The molecule has 3 aromatic carbocycles. The predicted octanol–water partition coefficient (Wildman–Crippen LogP) is 4.03. The van der Waals surface area contributed by atoms with Crippen LogP contribution in [0.4, 0.5) is 0 Å². The molecule has 3 rings (SSSR count). The van der Waals surface area contributed by atoms with E-state index in [4.69, 9.17) is 12.8 Å². The zero-order valence-corrected chi connectivity index (χ0v) is 18.8. The highest BCUT2D eigenvalue weighted by Crippen LogP contribution is 2.34. The molecule has 0 bridgehead atoms. The lowest BCUT2D eigenvalue weighted by molar-refractivity contribution is -0.141. The Hall–Kier alpha value is -4.53. The summed E-state index contributed by atoms with van der Waals surface area (Å²) in [4.78, 5) is 12.3. The van der Waals surface area contributed by atoms with Crippen molar-refractivity contribution in [3.05, 3.63) is 76.9 Å². The van der Waals surface area contributed by atoms with Gasteiger partial charge in [-0.2, -0.15) is 0 Å². The van der Waals surface area contributed by atoms with Crippen LogP contribution >= 0.6 is 0 Å². The molecule has 3 aromatic rings. The first-order valence-electron chi connectivity index (χ1n) is 10.5. The van der Waals surface area contributed by atoms with Crippen LogP contribution < -0.4 is 4.65 Å². The van der Waals surface area contributed by atoms with E-state index in [0.717, 1.165) is 0 Å². The summed E-state index contributed by atoms with van der Waals surface area (Å²) in [7, 11) is 5.06. The summed E-state index contributed by atoms with van der Waals surface area (Å²) in [6.45, 7) is 1.69. The molecule has 1 atom stereocenters. The van der Waals surface area contributed by atoms with Crippen LogP contribution in [0, 0.1) is 0 Å². The average Bonchev–Trinajstić information content (AvgIpc) is 2.81. The number of hydrogen-bond acceptors (Lipinski definition) is 8. The van der Waals surface area contributed by atoms with E-state index in [2.05, 4.69) is 4.65 Å². The van der Waals surface area contributed by atoms with Crippen molar-refractivity contribution in [3.63, 3.8) is 0 Å². The van der Waals surface area contributed by atoms with Gasteiger partial charge in [0.15, 0.2) is 28.7 Å². The van der Waals surface area contributed by atoms with E-state index in [9.17, 15) is 30.3 Å². The second-order valence-corrected chi connectivity index (χ2v) is 7.72. The molecule has 0 aliphatic heterocycles. The average molecular weight is 474 g/mol. The van der Waals surface area contributed by atoms with E-state index >= 15 is 0 Å². The summed E-state index contributed by atoms with van der Waals surface area (Å²) in [5.41, 5.74) is 1.91. The monoisotopic (exact) mass is 474 g/mol. The maximum atomic E-state index is 12.3. The van der Waals surface area contributed by atoms with Gasteiger partial charge in [0.1, 0.15) is 11.9 Å². The number of rotatable bonds is 8. The standard InChI is InChI=1S/C26H23BO8/c1-15(12-17-3-8-20(28)22(30)14-17)34-25(32)11-6-18-5-9-21(29)26(33)19(18)7-2-16-4-10-24(35-27)23(31)13-16/h2-11,13-15,28-31,33H,12H2,1H3/b7-2+,11-6+/t15-/m0/s1. The molecule has 5 N–H and O–H groups in total. The van der Waals surface area contributed by atoms with Crippen molar-refractivity contribution in [1.29, 1.82) is 0 Å². The van der Waals surface area contributed by atoms with Crippen molar-refractivity contribution < 1.29 is 39.7 Å². The van der Waals surface area contributed by atoms with Crippen molar-refractivity contribution >= 4 is 32.2 Å². The van der Waals surface area contributed by atoms with Crippen LogP contribution in [0.5, 0.6) is 34.5 Å². The minimum Gasteiger partial charge on any atom is -0.565 e. The number of hydrogen-bond donors (Lipinski definition) is 5. The van der Waals surface area contributed by atoms with Crippen LogP contribution in [0.2, 0.25) is 0 Å². The molecule has 8 nitrogen and oxygen atoms in total. The van der Waals surface area contributed by atoms with E-state index < -0.39 is 12.1 Å². The Morgan fingerprint density at radius 3 is 2.31 bits per heavy atom. The fourth-order valence-electron chi connectivity index (χ4n) is 3.31. The molecule has 178 valence electrons. The Morgan fingerprint density at radius 2 is 1.63 bits per heavy atom. The third-order valence-electron chi connectivity index (χ3n) is 5.06. The second kappa shape index (κ2) is 11.1. The van der Waals surface area contributed by atoms with Gasteiger partial charge in [-0.1, -0.05) is 24.3 Å². The maximum absolute atomic E-state index is 12.3. The van der Waals surface area contributed by atoms with E-state index in [0.29, 0.717) is 23.1 Å². The molecule has 0 aliphatic carbocycles. The Morgan fingerprint density at radius 1 is 0.886 bits per heavy atom. The van der Waals surface area contributed by atoms with Crippen LogP contribution in [0.1, 0.15) is 29.2 Å². The number of esters is 1. The van der Waals surface area contributed by atoms with Gasteiger partial charge < -0.3 is 34.9 Å². The smallest absolute Gasteiger partial charge is 0.374 e. The molecule has 0 amide bonds. The number of aromatic hydroxyl groups is 5. The largest absolute Gasteiger partial charge is 0.565 e. The first-order valence-corrected chi connectivity index (χ1v) is 10.5. The molecule has 9 heteroatoms. The molecule has 0 aliphatic rings. The summed E-state index contributed by atoms with van der Waals surface area (Å²) in [5, 5.41) is 49.1. The van der Waals surface area contributed by atoms with Gasteiger partial charge in [-0.3, -0.25) is 0 Å². The molecule has 0 aromatic heterocycles. The molecule has 0 fully saturated rings. The normalized spacial score (nSPS) is 12.1. The molecule has 0 saturated heterocycles. The number of ether oxygens (including phenoxy) is 1. The molecule has 0 unspecified atom stereocenters. The van der Waals surface area contributed by atoms with Gasteiger partial charge in [0.25, 0.3) is 0 Å². The van der Waals surface area contributed by atoms with Crippen LogP contribution in [-0.2, 0) is 16.0 Å². The summed E-state index contributed by atoms with van der Waals surface area (Å²) < 4.78 is 9.87. The molecule has 2 radical (unpaired) electrons. The first-order chi connectivity index (χ1) is 16.7. The van der Waals surface area contributed by atoms with Gasteiger partial charge in [-0.05, 0) is 66.1 Å². The van der Waals surface area contributed by atoms with Crippen molar-refractivity contribution in [2.45, 2.75) is 19.4 Å². The van der Waals surface area contributed by atoms with Crippen LogP contribution in [-0.4, -0.2) is 45.7 Å². The fraction of sp³-hybridized carbons (Fsp3) is 0.115. The Labute approximate surface area is 203 Å². The van der Waals surface area contributed by atoms with Crippen LogP contribution in [0.3, 0.4) is 0 Å². The lowest BCUT2D eigenvalue weighted by atomic mass is 10.0. The van der Waals surface area contributed by atoms with Crippen LogP contribution in [0.15, 0.2) is 54.6 Å². The van der Waals surface area contributed by atoms with E-state index in [1.807, 2.05) is 0 Å². The van der Waals surface area contributed by atoms with E-state index in [-0.39, 0.29) is 40.1 Å². The Kier molecular flexibility index (Phi) is 7.94. The second-order valence-electron chi connectivity index (χ2n) is 7.72. The third kappa shape index (κ3) is 6.51. The predicted molar refractivity (Wildman–Crippen MR) is 131 cm³/mol. The topological polar surface area (TPSA) is 137 Å². The van der Waals surface area contributed by atoms with Gasteiger partial charge in [0.2, 0.25) is 0 Å². The lowest BCUT2D eigenvalue weighted by Gasteiger charge is -2.12. The van der Waals surface area contributed by atoms with Crippen molar-refractivity contribution in [2.24, 2.45) is 0 Å². The lowest BCUT2D eigenvalue weighted by Crippen LogP contribution is -2.15. The maximum Gasteiger partial charge on any atom is 0.374 e. The summed E-state index contributed by atoms with van der Waals surface area (Å²) in [6.07, 6.45) is 5.52. The first kappa shape index (κ1) is 25.1. The summed E-state index contributed by atoms with van der Waals surface area (Å²) in [5.74, 6) is -1.93. The van der Waals surface area contributed by atoms with Gasteiger partial charge in [0.05, 0.1) is 0 Å². The van der Waals surface area contributed by atoms with Gasteiger partial charge in [-0.25, -0.2) is 4.79 Å². The molecular formula is C26H23BO8. The minimum atomic E-state index is -0.634. The number of carbonyl (C=O) groups is 1. The van der Waals surface area contributed by atoms with E-state index in [1.165, 1.54) is 54.6 Å². The number of phenols is 5. The molecule has 0 heterocycles. The van der Waals surface area contributed by atoms with Crippen molar-refractivity contribution in [2.75, 3.05) is 0 Å². The SMILES string of the molecule is [B]Oc1ccc(/C=C/c2c(/C=C/C(=O)O[C@@H](C)Cc3ccc(O)c(O)c3)ccc(O)c2O)cc1O. The number of benzene rings is 3. The summed E-state index contributed by atoms with van der Waals surface area (Å²) in [6, 6.07) is 11.7. The molecule has 0 spiro atoms. The van der Waals surface area contributed by atoms with Crippen LogP contribution in [0.25, 0.3) is 18.2 Å². The highest BCUT2D eigenvalue weighted by molar-refractivity contribution is 6.00. The molecule has 35 heavy (non-hydrogen) atoms. The third-order valence-corrected chi connectivity index (χ3v) is 5.06. The zero-order chi connectivity index (χ0) is 25.5.